The third kappa shape index (κ3) is 2.63. The summed E-state index contributed by atoms with van der Waals surface area (Å²) < 4.78 is 5.00. The van der Waals surface area contributed by atoms with Gasteiger partial charge in [0.1, 0.15) is 5.82 Å². The van der Waals surface area contributed by atoms with Crippen LogP contribution in [0.25, 0.3) is 0 Å². The molecule has 1 amide bonds. The largest absolute Gasteiger partial charge is 0.459 e. The van der Waals surface area contributed by atoms with Crippen LogP contribution in [0.2, 0.25) is 0 Å². The molecule has 0 aromatic carbocycles. The molecule has 0 radical (unpaired) electrons. The van der Waals surface area contributed by atoms with Crippen LogP contribution in [0.4, 0.5) is 11.5 Å². The number of hydrogen-bond donors (Lipinski definition) is 2. The fourth-order valence-electron chi connectivity index (χ4n) is 1.46. The lowest BCUT2D eigenvalue weighted by molar-refractivity contribution is 0.0996. The van der Waals surface area contributed by atoms with Gasteiger partial charge < -0.3 is 15.1 Å². The average Bonchev–Trinajstić information content (AvgIpc) is 2.81. The number of amides is 1. The lowest BCUT2D eigenvalue weighted by Gasteiger charge is -2.06. The number of rotatable bonds is 3. The fraction of sp³-hybridized carbons (Fsp3) is 0.167. The van der Waals surface area contributed by atoms with E-state index in [4.69, 9.17) is 4.42 Å². The van der Waals surface area contributed by atoms with Crippen LogP contribution in [0.1, 0.15) is 16.2 Å². The van der Waals surface area contributed by atoms with Gasteiger partial charge in [0.2, 0.25) is 0 Å². The Morgan fingerprint density at radius 1 is 1.41 bits per heavy atom. The molecule has 0 aliphatic carbocycles. The van der Waals surface area contributed by atoms with Crippen LogP contribution in [0.15, 0.2) is 34.9 Å². The maximum absolute atomic E-state index is 11.7. The summed E-state index contributed by atoms with van der Waals surface area (Å²) in [6.07, 6.45) is 1.46. The predicted molar refractivity (Wildman–Crippen MR) is 65.2 cm³/mol. The highest BCUT2D eigenvalue weighted by molar-refractivity contribution is 6.01. The highest BCUT2D eigenvalue weighted by Gasteiger charge is 2.09. The molecule has 2 heterocycles. The highest BCUT2D eigenvalue weighted by Crippen LogP contribution is 2.15. The van der Waals surface area contributed by atoms with Gasteiger partial charge in [0.15, 0.2) is 5.76 Å². The summed E-state index contributed by atoms with van der Waals surface area (Å²) in [4.78, 5) is 15.9. The highest BCUT2D eigenvalue weighted by atomic mass is 16.3. The lowest BCUT2D eigenvalue weighted by Crippen LogP contribution is -2.12. The number of aryl methyl sites for hydroxylation is 1. The first-order chi connectivity index (χ1) is 8.19. The van der Waals surface area contributed by atoms with E-state index in [-0.39, 0.29) is 11.7 Å². The lowest BCUT2D eigenvalue weighted by atomic mass is 10.3. The second-order valence-electron chi connectivity index (χ2n) is 3.56. The Balaban J connectivity index is 2.18. The zero-order chi connectivity index (χ0) is 12.3. The Labute approximate surface area is 98.9 Å². The van der Waals surface area contributed by atoms with Gasteiger partial charge >= 0.3 is 0 Å². The molecule has 5 nitrogen and oxygen atoms in total. The molecule has 0 fully saturated rings. The number of nitrogens with one attached hydrogen (secondary N) is 2. The van der Waals surface area contributed by atoms with Crippen LogP contribution in [0.5, 0.6) is 0 Å². The topological polar surface area (TPSA) is 67.2 Å². The second kappa shape index (κ2) is 4.69. The van der Waals surface area contributed by atoms with Crippen molar-refractivity contribution in [2.45, 2.75) is 6.92 Å². The predicted octanol–water partition coefficient (Wildman–Crippen LogP) is 2.28. The van der Waals surface area contributed by atoms with Crippen molar-refractivity contribution in [3.63, 3.8) is 0 Å². The Morgan fingerprint density at radius 3 is 2.88 bits per heavy atom. The third-order valence-electron chi connectivity index (χ3n) is 2.23. The van der Waals surface area contributed by atoms with Gasteiger partial charge in [-0.05, 0) is 25.1 Å². The van der Waals surface area contributed by atoms with E-state index in [1.165, 1.54) is 6.26 Å². The van der Waals surface area contributed by atoms with E-state index in [2.05, 4.69) is 15.6 Å². The number of carbonyl (C=O) groups is 1. The van der Waals surface area contributed by atoms with E-state index in [0.29, 0.717) is 5.82 Å². The molecule has 0 atom stereocenters. The molecule has 88 valence electrons. The van der Waals surface area contributed by atoms with E-state index >= 15 is 0 Å². The van der Waals surface area contributed by atoms with Gasteiger partial charge in [0.05, 0.1) is 6.26 Å². The van der Waals surface area contributed by atoms with Crippen LogP contribution < -0.4 is 10.6 Å². The minimum atomic E-state index is -0.310. The van der Waals surface area contributed by atoms with Crippen molar-refractivity contribution in [2.24, 2.45) is 0 Å². The van der Waals surface area contributed by atoms with Crippen LogP contribution in [-0.2, 0) is 0 Å². The molecule has 2 aromatic heterocycles. The zero-order valence-electron chi connectivity index (χ0n) is 9.65. The van der Waals surface area contributed by atoms with E-state index < -0.39 is 0 Å². The van der Waals surface area contributed by atoms with Crippen LogP contribution in [0, 0.1) is 6.92 Å². The summed E-state index contributed by atoms with van der Waals surface area (Å²) in [6, 6.07) is 6.91. The van der Waals surface area contributed by atoms with Crippen molar-refractivity contribution in [1.82, 2.24) is 4.98 Å². The monoisotopic (exact) mass is 231 g/mol. The Kier molecular flexibility index (Phi) is 3.09. The Hall–Kier alpha value is -2.30. The average molecular weight is 231 g/mol. The summed E-state index contributed by atoms with van der Waals surface area (Å²) in [5, 5.41) is 5.68. The second-order valence-corrected chi connectivity index (χ2v) is 3.56. The van der Waals surface area contributed by atoms with Gasteiger partial charge in [-0.3, -0.25) is 4.79 Å². The quantitative estimate of drug-likeness (QED) is 0.850. The van der Waals surface area contributed by atoms with Crippen molar-refractivity contribution in [1.29, 1.82) is 0 Å². The molecule has 0 spiro atoms. The molecular formula is C12H13N3O2. The van der Waals surface area contributed by atoms with E-state index in [0.717, 1.165) is 11.4 Å². The molecule has 0 saturated carbocycles. The van der Waals surface area contributed by atoms with E-state index in [1.54, 1.807) is 18.2 Å². The molecular weight excluding hydrogens is 218 g/mol. The van der Waals surface area contributed by atoms with Crippen LogP contribution >= 0.6 is 0 Å². The van der Waals surface area contributed by atoms with Crippen molar-refractivity contribution in [3.05, 3.63) is 42.0 Å². The summed E-state index contributed by atoms with van der Waals surface area (Å²) in [5.74, 6) is 0.449. The normalized spacial score (nSPS) is 10.0. The molecule has 0 bridgehead atoms. The van der Waals surface area contributed by atoms with Gasteiger partial charge in [-0.25, -0.2) is 4.98 Å². The number of furan rings is 1. The fourth-order valence-corrected chi connectivity index (χ4v) is 1.46. The maximum Gasteiger partial charge on any atom is 0.292 e. The summed E-state index contributed by atoms with van der Waals surface area (Å²) in [6.45, 7) is 1.86. The molecule has 0 aliphatic rings. The van der Waals surface area contributed by atoms with Gasteiger partial charge in [0.25, 0.3) is 5.91 Å². The first-order valence-electron chi connectivity index (χ1n) is 5.20. The van der Waals surface area contributed by atoms with Crippen molar-refractivity contribution >= 4 is 17.4 Å². The van der Waals surface area contributed by atoms with E-state index in [1.807, 2.05) is 20.0 Å². The number of carbonyl (C=O) groups excluding carboxylic acids is 1. The molecule has 2 N–H and O–H groups in total. The number of pyridine rings is 1. The first kappa shape index (κ1) is 11.2. The molecule has 0 aliphatic heterocycles. The molecule has 17 heavy (non-hydrogen) atoms. The van der Waals surface area contributed by atoms with Crippen molar-refractivity contribution in [3.8, 4) is 0 Å². The number of anilines is 2. The van der Waals surface area contributed by atoms with Crippen LogP contribution in [-0.4, -0.2) is 17.9 Å². The van der Waals surface area contributed by atoms with Crippen molar-refractivity contribution in [2.75, 3.05) is 17.7 Å². The molecule has 0 unspecified atom stereocenters. The van der Waals surface area contributed by atoms with Crippen LogP contribution in [0.3, 0.4) is 0 Å². The number of nitrogens with zero attached hydrogens (tertiary/aromatic N) is 1. The zero-order valence-corrected chi connectivity index (χ0v) is 9.65. The van der Waals surface area contributed by atoms with Gasteiger partial charge in [-0.2, -0.15) is 0 Å². The minimum absolute atomic E-state index is 0.263. The number of hydrogen-bond acceptors (Lipinski definition) is 4. The molecule has 2 rings (SSSR count). The summed E-state index contributed by atoms with van der Waals surface area (Å²) in [7, 11) is 1.81. The first-order valence-corrected chi connectivity index (χ1v) is 5.20. The SMILES string of the molecule is CNc1cc(C)nc(NC(=O)c2ccco2)c1. The van der Waals surface area contributed by atoms with Gasteiger partial charge in [0, 0.05) is 24.5 Å². The van der Waals surface area contributed by atoms with Gasteiger partial charge in [-0.1, -0.05) is 0 Å². The minimum Gasteiger partial charge on any atom is -0.459 e. The van der Waals surface area contributed by atoms with E-state index in [9.17, 15) is 4.79 Å². The molecule has 2 aromatic rings. The number of aromatic nitrogens is 1. The Bertz CT molecular complexity index is 521. The summed E-state index contributed by atoms with van der Waals surface area (Å²) in [5.41, 5.74) is 1.72. The van der Waals surface area contributed by atoms with Crippen molar-refractivity contribution < 1.29 is 9.21 Å². The van der Waals surface area contributed by atoms with Gasteiger partial charge in [-0.15, -0.1) is 0 Å². The Morgan fingerprint density at radius 2 is 2.24 bits per heavy atom. The molecule has 0 saturated heterocycles. The maximum atomic E-state index is 11.7. The standard InChI is InChI=1S/C12H13N3O2/c1-8-6-9(13-2)7-11(14-8)15-12(16)10-4-3-5-17-10/h3-7H,1-2H3,(H2,13,14,15,16). The molecule has 5 heteroatoms. The third-order valence-corrected chi connectivity index (χ3v) is 2.23. The summed E-state index contributed by atoms with van der Waals surface area (Å²) >= 11 is 0. The smallest absolute Gasteiger partial charge is 0.292 e.